The maximum atomic E-state index is 4.99. The molecule has 2 aromatic rings. The lowest BCUT2D eigenvalue weighted by atomic mass is 10.1. The lowest BCUT2D eigenvalue weighted by Crippen LogP contribution is -1.84. The van der Waals surface area contributed by atoms with Crippen LogP contribution >= 0.6 is 12.6 Å². The monoisotopic (exact) mass is 206 g/mol. The third kappa shape index (κ3) is 1.65. The van der Waals surface area contributed by atoms with Crippen molar-refractivity contribution < 1.29 is 4.52 Å². The van der Waals surface area contributed by atoms with Gasteiger partial charge in [-0.25, -0.2) is 0 Å². The van der Waals surface area contributed by atoms with Gasteiger partial charge in [-0.1, -0.05) is 29.4 Å². The smallest absolute Gasteiger partial charge is 0.236 e. The van der Waals surface area contributed by atoms with Crippen LogP contribution in [0.5, 0.6) is 0 Å². The quantitative estimate of drug-likeness (QED) is 0.767. The predicted octanol–water partition coefficient (Wildman–Crippen LogP) is 2.47. The van der Waals surface area contributed by atoms with E-state index in [-0.39, 0.29) is 0 Å². The van der Waals surface area contributed by atoms with Crippen molar-refractivity contribution in [1.29, 1.82) is 0 Å². The highest BCUT2D eigenvalue weighted by atomic mass is 32.1. The summed E-state index contributed by atoms with van der Waals surface area (Å²) in [5, 5.41) is 3.88. The molecule has 0 aliphatic carbocycles. The van der Waals surface area contributed by atoms with E-state index in [2.05, 4.69) is 22.8 Å². The molecule has 0 spiro atoms. The van der Waals surface area contributed by atoms with Crippen molar-refractivity contribution in [2.75, 3.05) is 0 Å². The number of hydrogen-bond donors (Lipinski definition) is 1. The van der Waals surface area contributed by atoms with Gasteiger partial charge < -0.3 is 4.52 Å². The molecule has 0 N–H and O–H groups in total. The first-order chi connectivity index (χ1) is 6.81. The van der Waals surface area contributed by atoms with Gasteiger partial charge in [0.25, 0.3) is 0 Å². The number of aryl methyl sites for hydroxylation is 1. The molecule has 4 heteroatoms. The summed E-state index contributed by atoms with van der Waals surface area (Å²) in [5.41, 5.74) is 2.14. The van der Waals surface area contributed by atoms with Gasteiger partial charge in [0.2, 0.25) is 11.7 Å². The average Bonchev–Trinajstić information content (AvgIpc) is 2.67. The number of nitrogens with zero attached hydrogens (tertiary/aromatic N) is 2. The Morgan fingerprint density at radius 3 is 2.79 bits per heavy atom. The number of rotatable bonds is 2. The number of aromatic nitrogens is 2. The lowest BCUT2D eigenvalue weighted by molar-refractivity contribution is 0.392. The first-order valence-electron chi connectivity index (χ1n) is 4.30. The molecule has 0 aliphatic heterocycles. The third-order valence-electron chi connectivity index (χ3n) is 1.99. The van der Waals surface area contributed by atoms with Gasteiger partial charge in [-0.2, -0.15) is 17.6 Å². The fourth-order valence-electron chi connectivity index (χ4n) is 1.25. The van der Waals surface area contributed by atoms with E-state index in [4.69, 9.17) is 4.52 Å². The molecule has 1 aromatic carbocycles. The minimum absolute atomic E-state index is 0.471. The summed E-state index contributed by atoms with van der Waals surface area (Å²) in [6.07, 6.45) is 0. The minimum Gasteiger partial charge on any atom is -0.338 e. The predicted molar refractivity (Wildman–Crippen MR) is 57.2 cm³/mol. The second-order valence-electron chi connectivity index (χ2n) is 2.98. The van der Waals surface area contributed by atoms with Gasteiger partial charge in [-0.3, -0.25) is 0 Å². The number of benzene rings is 1. The maximum absolute atomic E-state index is 4.99. The van der Waals surface area contributed by atoms with Gasteiger partial charge in [-0.05, 0) is 12.5 Å². The summed E-state index contributed by atoms with van der Waals surface area (Å²) >= 11 is 4.07. The zero-order chi connectivity index (χ0) is 9.97. The highest BCUT2D eigenvalue weighted by molar-refractivity contribution is 7.79. The molecule has 0 atom stereocenters. The van der Waals surface area contributed by atoms with Crippen molar-refractivity contribution in [2.45, 2.75) is 12.7 Å². The summed E-state index contributed by atoms with van der Waals surface area (Å²) in [7, 11) is 0. The first kappa shape index (κ1) is 9.27. The molecular formula is C10H10N2OS. The SMILES string of the molecule is Cc1ccccc1-c1noc(CS)n1. The molecule has 3 nitrogen and oxygen atoms in total. The second kappa shape index (κ2) is 3.84. The molecule has 1 aromatic heterocycles. The van der Waals surface area contributed by atoms with Gasteiger partial charge >= 0.3 is 0 Å². The van der Waals surface area contributed by atoms with Crippen LogP contribution in [-0.4, -0.2) is 10.1 Å². The molecule has 0 radical (unpaired) electrons. The second-order valence-corrected chi connectivity index (χ2v) is 3.30. The summed E-state index contributed by atoms with van der Waals surface area (Å²) in [5.74, 6) is 1.65. The van der Waals surface area contributed by atoms with Crippen LogP contribution in [0.15, 0.2) is 28.8 Å². The first-order valence-corrected chi connectivity index (χ1v) is 4.94. The summed E-state index contributed by atoms with van der Waals surface area (Å²) < 4.78 is 4.99. The lowest BCUT2D eigenvalue weighted by Gasteiger charge is -1.97. The fraction of sp³-hybridized carbons (Fsp3) is 0.200. The normalized spacial score (nSPS) is 10.4. The van der Waals surface area contributed by atoms with E-state index >= 15 is 0 Å². The molecule has 0 saturated heterocycles. The van der Waals surface area contributed by atoms with Crippen molar-refractivity contribution in [3.05, 3.63) is 35.7 Å². The zero-order valence-corrected chi connectivity index (χ0v) is 8.66. The van der Waals surface area contributed by atoms with Crippen molar-refractivity contribution in [3.63, 3.8) is 0 Å². The van der Waals surface area contributed by atoms with Crippen molar-refractivity contribution in [1.82, 2.24) is 10.1 Å². The largest absolute Gasteiger partial charge is 0.338 e. The Hall–Kier alpha value is -1.29. The van der Waals surface area contributed by atoms with E-state index < -0.39 is 0 Å². The Morgan fingerprint density at radius 1 is 1.36 bits per heavy atom. The summed E-state index contributed by atoms with van der Waals surface area (Å²) in [6, 6.07) is 7.94. The van der Waals surface area contributed by atoms with E-state index in [1.165, 1.54) is 0 Å². The summed E-state index contributed by atoms with van der Waals surface area (Å²) in [6.45, 7) is 2.02. The number of hydrogen-bond acceptors (Lipinski definition) is 4. The van der Waals surface area contributed by atoms with E-state index in [1.807, 2.05) is 31.2 Å². The van der Waals surface area contributed by atoms with Gasteiger partial charge in [0.1, 0.15) is 0 Å². The van der Waals surface area contributed by atoms with Crippen molar-refractivity contribution in [2.24, 2.45) is 0 Å². The van der Waals surface area contributed by atoms with Crippen LogP contribution in [0.4, 0.5) is 0 Å². The molecule has 1 heterocycles. The molecule has 14 heavy (non-hydrogen) atoms. The Bertz CT molecular complexity index is 439. The van der Waals surface area contributed by atoms with E-state index in [0.717, 1.165) is 11.1 Å². The fourth-order valence-corrected chi connectivity index (χ4v) is 1.38. The Labute approximate surface area is 87.6 Å². The Balaban J connectivity index is 2.44. The maximum Gasteiger partial charge on any atom is 0.236 e. The molecule has 0 saturated carbocycles. The van der Waals surface area contributed by atoms with Crippen LogP contribution in [0.3, 0.4) is 0 Å². The van der Waals surface area contributed by atoms with Crippen molar-refractivity contribution >= 4 is 12.6 Å². The molecule has 0 amide bonds. The minimum atomic E-state index is 0.471. The van der Waals surface area contributed by atoms with Crippen LogP contribution in [0.2, 0.25) is 0 Å². The Morgan fingerprint density at radius 2 is 2.14 bits per heavy atom. The molecule has 0 bridgehead atoms. The third-order valence-corrected chi connectivity index (χ3v) is 2.26. The van der Waals surface area contributed by atoms with Crippen LogP contribution in [0.1, 0.15) is 11.5 Å². The van der Waals surface area contributed by atoms with Gasteiger partial charge in [0.05, 0.1) is 5.75 Å². The van der Waals surface area contributed by atoms with Crippen LogP contribution in [0.25, 0.3) is 11.4 Å². The molecule has 2 rings (SSSR count). The molecule has 0 aliphatic rings. The van der Waals surface area contributed by atoms with Crippen LogP contribution in [0, 0.1) is 6.92 Å². The van der Waals surface area contributed by atoms with Crippen molar-refractivity contribution in [3.8, 4) is 11.4 Å². The zero-order valence-electron chi connectivity index (χ0n) is 7.77. The molecule has 72 valence electrons. The van der Waals surface area contributed by atoms with E-state index in [9.17, 15) is 0 Å². The van der Waals surface area contributed by atoms with Crippen LogP contribution in [-0.2, 0) is 5.75 Å². The summed E-state index contributed by atoms with van der Waals surface area (Å²) in [4.78, 5) is 4.21. The van der Waals surface area contributed by atoms with Gasteiger partial charge in [0, 0.05) is 5.56 Å². The highest BCUT2D eigenvalue weighted by Gasteiger charge is 2.08. The molecule has 0 fully saturated rings. The highest BCUT2D eigenvalue weighted by Crippen LogP contribution is 2.19. The molecule has 0 unspecified atom stereocenters. The average molecular weight is 206 g/mol. The van der Waals surface area contributed by atoms with Crippen LogP contribution < -0.4 is 0 Å². The Kier molecular flexibility index (Phi) is 2.54. The topological polar surface area (TPSA) is 38.9 Å². The molecular weight excluding hydrogens is 196 g/mol. The number of thiol groups is 1. The standard InChI is InChI=1S/C10H10N2OS/c1-7-4-2-3-5-8(7)10-11-9(6-14)13-12-10/h2-5,14H,6H2,1H3. The van der Waals surface area contributed by atoms with E-state index in [0.29, 0.717) is 17.5 Å². The van der Waals surface area contributed by atoms with E-state index in [1.54, 1.807) is 0 Å². The van der Waals surface area contributed by atoms with Gasteiger partial charge in [0.15, 0.2) is 0 Å². The van der Waals surface area contributed by atoms with Gasteiger partial charge in [-0.15, -0.1) is 0 Å².